The Morgan fingerprint density at radius 2 is 1.71 bits per heavy atom. The molecule has 2 amide bonds. The maximum Gasteiger partial charge on any atom is 0.490 e. The third-order valence-electron chi connectivity index (χ3n) is 7.41. The number of nitrogens with one attached hydrogen (secondary N) is 2. The van der Waals surface area contributed by atoms with Crippen LogP contribution in [0.5, 0.6) is 17.2 Å². The average molecular weight is 590 g/mol. The third-order valence-corrected chi connectivity index (χ3v) is 7.41. The van der Waals surface area contributed by atoms with Gasteiger partial charge in [0.25, 0.3) is 0 Å². The van der Waals surface area contributed by atoms with Crippen molar-refractivity contribution < 1.29 is 50.9 Å². The lowest BCUT2D eigenvalue weighted by Crippen LogP contribution is -2.52. The Kier molecular flexibility index (Phi) is 10.2. The smallest absolute Gasteiger partial charge is 0.490 e. The number of likely N-dealkylation sites (tertiary alicyclic amines) is 1. The molecule has 0 bridgehead atoms. The zero-order valence-electron chi connectivity index (χ0n) is 22.6. The Morgan fingerprint density at radius 3 is 2.32 bits per heavy atom. The first-order chi connectivity index (χ1) is 19.3. The number of rotatable bonds is 7. The second-order valence-electron chi connectivity index (χ2n) is 9.72. The van der Waals surface area contributed by atoms with Crippen LogP contribution in [0.3, 0.4) is 0 Å². The molecule has 9 nitrogen and oxygen atoms in total. The number of urea groups is 1. The molecular weight excluding hydrogens is 557 g/mol. The van der Waals surface area contributed by atoms with Crippen LogP contribution >= 0.6 is 0 Å². The molecule has 1 heterocycles. The van der Waals surface area contributed by atoms with Crippen molar-refractivity contribution in [2.45, 2.75) is 56.0 Å². The fourth-order valence-electron chi connectivity index (χ4n) is 5.51. The molecule has 2 aliphatic rings. The van der Waals surface area contributed by atoms with Gasteiger partial charge in [-0.25, -0.2) is 9.59 Å². The van der Waals surface area contributed by atoms with E-state index >= 15 is 0 Å². The number of alkyl halides is 5. The van der Waals surface area contributed by atoms with Crippen LogP contribution in [0.2, 0.25) is 0 Å². The van der Waals surface area contributed by atoms with Gasteiger partial charge >= 0.3 is 24.8 Å². The van der Waals surface area contributed by atoms with E-state index in [9.17, 15) is 26.7 Å². The Morgan fingerprint density at radius 1 is 1.05 bits per heavy atom. The van der Waals surface area contributed by atoms with Gasteiger partial charge in [-0.15, -0.1) is 0 Å². The van der Waals surface area contributed by atoms with Crippen LogP contribution in [-0.4, -0.2) is 74.7 Å². The van der Waals surface area contributed by atoms with Crippen molar-refractivity contribution in [3.8, 4) is 17.2 Å². The van der Waals surface area contributed by atoms with E-state index in [2.05, 4.69) is 39.5 Å². The molecule has 0 aromatic heterocycles. The van der Waals surface area contributed by atoms with Crippen LogP contribution in [0, 0.1) is 0 Å². The van der Waals surface area contributed by atoms with Gasteiger partial charge in [0.1, 0.15) is 5.75 Å². The SMILES string of the molecule is COc1ccc([C@@]23CCC(NC(=O)Nc4ccccc4OC(F)F)C[C@@H]2N(C)CC3)cc1OC.O=C(O)C(F)(F)F. The maximum absolute atomic E-state index is 12.7. The van der Waals surface area contributed by atoms with E-state index in [1.807, 2.05) is 6.07 Å². The molecule has 3 N–H and O–H groups in total. The predicted octanol–water partition coefficient (Wildman–Crippen LogP) is 5.25. The van der Waals surface area contributed by atoms with E-state index in [0.29, 0.717) is 11.5 Å². The Bertz CT molecular complexity index is 1210. The number of ether oxygens (including phenoxy) is 3. The molecule has 2 aromatic rings. The molecule has 2 aromatic carbocycles. The second-order valence-corrected chi connectivity index (χ2v) is 9.72. The minimum atomic E-state index is -5.08. The number of carbonyl (C=O) groups is 2. The molecule has 0 radical (unpaired) electrons. The van der Waals surface area contributed by atoms with E-state index in [-0.39, 0.29) is 28.9 Å². The largest absolute Gasteiger partial charge is 0.493 e. The molecule has 226 valence electrons. The number of para-hydroxylation sites is 2. The summed E-state index contributed by atoms with van der Waals surface area (Å²) in [6, 6.07) is 12.1. The van der Waals surface area contributed by atoms with Gasteiger partial charge in [0.2, 0.25) is 0 Å². The highest BCUT2D eigenvalue weighted by Crippen LogP contribution is 2.49. The number of aliphatic carboxylic acids is 1. The lowest BCUT2D eigenvalue weighted by Gasteiger charge is -2.45. The lowest BCUT2D eigenvalue weighted by atomic mass is 9.65. The molecule has 1 aliphatic heterocycles. The van der Waals surface area contributed by atoms with E-state index in [4.69, 9.17) is 19.4 Å². The Labute approximate surface area is 233 Å². The number of anilines is 1. The molecular formula is C27H32F5N3O6. The van der Waals surface area contributed by atoms with Crippen LogP contribution in [0.15, 0.2) is 42.5 Å². The molecule has 1 saturated heterocycles. The number of benzene rings is 2. The molecule has 2 fully saturated rings. The van der Waals surface area contributed by atoms with Crippen LogP contribution in [0.4, 0.5) is 32.4 Å². The molecule has 41 heavy (non-hydrogen) atoms. The maximum atomic E-state index is 12.7. The topological polar surface area (TPSA) is 109 Å². The number of carboxylic acid groups (broad SMARTS) is 1. The minimum Gasteiger partial charge on any atom is -0.493 e. The first-order valence-corrected chi connectivity index (χ1v) is 12.6. The van der Waals surface area contributed by atoms with Gasteiger partial charge in [-0.2, -0.15) is 22.0 Å². The predicted molar refractivity (Wildman–Crippen MR) is 139 cm³/mol. The first kappa shape index (κ1) is 31.7. The van der Waals surface area contributed by atoms with Crippen LogP contribution in [0.25, 0.3) is 0 Å². The zero-order chi connectivity index (χ0) is 30.4. The van der Waals surface area contributed by atoms with Gasteiger partial charge in [-0.3, -0.25) is 0 Å². The number of hydrogen-bond donors (Lipinski definition) is 3. The van der Waals surface area contributed by atoms with Gasteiger partial charge in [-0.1, -0.05) is 18.2 Å². The summed E-state index contributed by atoms with van der Waals surface area (Å²) in [5.41, 5.74) is 1.40. The van der Waals surface area contributed by atoms with E-state index in [1.54, 1.807) is 26.4 Å². The van der Waals surface area contributed by atoms with Crippen molar-refractivity contribution >= 4 is 17.7 Å². The van der Waals surface area contributed by atoms with Crippen molar-refractivity contribution in [2.24, 2.45) is 0 Å². The van der Waals surface area contributed by atoms with Gasteiger partial charge in [0.05, 0.1) is 19.9 Å². The van der Waals surface area contributed by atoms with Gasteiger partial charge in [0, 0.05) is 17.5 Å². The summed E-state index contributed by atoms with van der Waals surface area (Å²) in [4.78, 5) is 23.9. The number of hydrogen-bond acceptors (Lipinski definition) is 6. The van der Waals surface area contributed by atoms with E-state index in [1.165, 1.54) is 17.7 Å². The standard InChI is InChI=1S/C25H31F2N3O4.C2HF3O2/c1-30-13-12-25(16-8-9-20(32-2)21(14-16)33-3)11-10-17(15-22(25)30)28-24(31)29-18-6-4-5-7-19(18)34-23(26)27;3-2(4,5)1(6)7/h4-9,14,17,22-23H,10-13,15H2,1-3H3,(H2,28,29,31);(H,6,7)/t17?,22-,25-;/m0./s1. The lowest BCUT2D eigenvalue weighted by molar-refractivity contribution is -0.192. The van der Waals surface area contributed by atoms with Crippen molar-refractivity contribution in [2.75, 3.05) is 33.1 Å². The van der Waals surface area contributed by atoms with Crippen LogP contribution in [0.1, 0.15) is 31.2 Å². The highest BCUT2D eigenvalue weighted by atomic mass is 19.4. The highest BCUT2D eigenvalue weighted by molar-refractivity contribution is 5.91. The summed E-state index contributed by atoms with van der Waals surface area (Å²) < 4.78 is 72.5. The van der Waals surface area contributed by atoms with Crippen molar-refractivity contribution in [3.63, 3.8) is 0 Å². The summed E-state index contributed by atoms with van der Waals surface area (Å²) in [5, 5.41) is 12.8. The highest BCUT2D eigenvalue weighted by Gasteiger charge is 2.50. The number of amides is 2. The fourth-order valence-corrected chi connectivity index (χ4v) is 5.51. The average Bonchev–Trinajstić information content (AvgIpc) is 3.25. The van der Waals surface area contributed by atoms with Crippen molar-refractivity contribution in [1.29, 1.82) is 0 Å². The molecule has 14 heteroatoms. The van der Waals surface area contributed by atoms with Crippen molar-refractivity contribution in [1.82, 2.24) is 10.2 Å². The van der Waals surface area contributed by atoms with Gasteiger partial charge in [0.15, 0.2) is 11.5 Å². The minimum absolute atomic E-state index is 0.0271. The van der Waals surface area contributed by atoms with Crippen LogP contribution < -0.4 is 24.8 Å². The second kappa shape index (κ2) is 13.2. The monoisotopic (exact) mass is 589 g/mol. The molecule has 0 spiro atoms. The normalized spacial score (nSPS) is 22.2. The number of carbonyl (C=O) groups excluding carboxylic acids is 1. The van der Waals surface area contributed by atoms with Gasteiger partial charge in [-0.05, 0) is 69.1 Å². The summed E-state index contributed by atoms with van der Waals surface area (Å²) in [7, 11) is 5.39. The summed E-state index contributed by atoms with van der Waals surface area (Å²) >= 11 is 0. The number of fused-ring (bicyclic) bond motifs is 1. The molecule has 1 saturated carbocycles. The molecule has 1 aliphatic carbocycles. The Balaban J connectivity index is 0.000000587. The van der Waals surface area contributed by atoms with E-state index < -0.39 is 24.8 Å². The summed E-state index contributed by atoms with van der Waals surface area (Å²) in [6.07, 6.45) is -1.55. The number of carboxylic acids is 1. The van der Waals surface area contributed by atoms with E-state index in [0.717, 1.165) is 32.2 Å². The third kappa shape index (κ3) is 7.69. The molecule has 3 atom stereocenters. The number of halogens is 5. The fraction of sp³-hybridized carbons (Fsp3) is 0.481. The van der Waals surface area contributed by atoms with Gasteiger partial charge < -0.3 is 34.9 Å². The Hall–Kier alpha value is -3.81. The first-order valence-electron chi connectivity index (χ1n) is 12.6. The summed E-state index contributed by atoms with van der Waals surface area (Å²) in [5.74, 6) is -1.41. The van der Waals surface area contributed by atoms with Crippen molar-refractivity contribution in [3.05, 3.63) is 48.0 Å². The quantitative estimate of drug-likeness (QED) is 0.379. The summed E-state index contributed by atoms with van der Waals surface area (Å²) in [6.45, 7) is -2.00. The number of methoxy groups -OCH3 is 2. The number of likely N-dealkylation sites (N-methyl/N-ethyl adjacent to an activating group) is 1. The zero-order valence-corrected chi connectivity index (χ0v) is 22.6. The number of nitrogens with zero attached hydrogens (tertiary/aromatic N) is 1. The molecule has 1 unspecified atom stereocenters. The molecule has 4 rings (SSSR count). The van der Waals surface area contributed by atoms with Crippen LogP contribution in [-0.2, 0) is 10.2 Å².